The smallest absolute Gasteiger partial charge is 1.00 e. The number of halogens is 1. The molecule has 0 aromatic heterocycles. The Kier molecular flexibility index (Phi) is 23.8. The minimum absolute atomic E-state index is 0. The molecule has 0 radical (unpaired) electrons. The number of hydrogen-bond acceptors (Lipinski definition) is 0. The molecule has 2 heteroatoms. The van der Waals surface area contributed by atoms with Crippen LogP contribution in [0.25, 0.3) is 0 Å². The van der Waals surface area contributed by atoms with Crippen molar-refractivity contribution in [1.82, 2.24) is 0 Å². The molecular formula is C20H42ClNa. The monoisotopic (exact) mass is 340 g/mol. The molecule has 0 aromatic carbocycles. The fourth-order valence-electron chi connectivity index (χ4n) is 3.00. The van der Waals surface area contributed by atoms with Crippen LogP contribution < -0.4 is 42.0 Å². The van der Waals surface area contributed by atoms with Crippen LogP contribution in [0.5, 0.6) is 0 Å². The third-order valence-corrected chi connectivity index (χ3v) is 4.96. The minimum Gasteiger partial charge on any atom is -1.00 e. The molecule has 0 N–H and O–H groups in total. The molecule has 0 bridgehead atoms. The zero-order valence-electron chi connectivity index (χ0n) is 16.8. The second-order valence-electron chi connectivity index (χ2n) is 7.91. The maximum atomic E-state index is 2.46. The largest absolute Gasteiger partial charge is 1.00 e. The fraction of sp³-hybridized carbons (Fsp3) is 1.00. The van der Waals surface area contributed by atoms with Crippen molar-refractivity contribution in [3.8, 4) is 0 Å². The van der Waals surface area contributed by atoms with Crippen molar-refractivity contribution in [3.63, 3.8) is 0 Å². The van der Waals surface area contributed by atoms with Crippen LogP contribution in [0.2, 0.25) is 0 Å². The standard InChI is InChI=1S/C20H42.ClH.Na/c1-7-18(4)12-9-14-20(6)16-10-15-19(5)13-8-11-17(2)3;;/h17-20H,7-16H2,1-6H3;1H;/q;;+1/p-1. The normalized spacial score (nSPS) is 14.9. The molecule has 0 saturated heterocycles. The zero-order valence-corrected chi connectivity index (χ0v) is 19.5. The van der Waals surface area contributed by atoms with E-state index in [9.17, 15) is 0 Å². The summed E-state index contributed by atoms with van der Waals surface area (Å²) in [5, 5.41) is 0. The first-order valence-corrected chi connectivity index (χ1v) is 9.45. The molecule has 3 atom stereocenters. The summed E-state index contributed by atoms with van der Waals surface area (Å²) in [6.45, 7) is 14.3. The summed E-state index contributed by atoms with van der Waals surface area (Å²) in [4.78, 5) is 0. The molecule has 3 unspecified atom stereocenters. The fourth-order valence-corrected chi connectivity index (χ4v) is 3.00. The van der Waals surface area contributed by atoms with E-state index >= 15 is 0 Å². The van der Waals surface area contributed by atoms with Crippen LogP contribution in [0, 0.1) is 23.7 Å². The van der Waals surface area contributed by atoms with Gasteiger partial charge in [0.25, 0.3) is 0 Å². The summed E-state index contributed by atoms with van der Waals surface area (Å²) in [7, 11) is 0. The van der Waals surface area contributed by atoms with Crippen LogP contribution in [0.4, 0.5) is 0 Å². The van der Waals surface area contributed by atoms with Gasteiger partial charge in [0, 0.05) is 0 Å². The molecule has 0 aliphatic heterocycles. The van der Waals surface area contributed by atoms with Crippen molar-refractivity contribution in [2.45, 2.75) is 106 Å². The minimum atomic E-state index is 0. The molecule has 0 amide bonds. The van der Waals surface area contributed by atoms with E-state index in [-0.39, 0.29) is 42.0 Å². The maximum Gasteiger partial charge on any atom is 1.00 e. The topological polar surface area (TPSA) is 0 Å². The predicted octanol–water partition coefficient (Wildman–Crippen LogP) is 1.48. The third-order valence-electron chi connectivity index (χ3n) is 4.96. The molecule has 0 rings (SSSR count). The first kappa shape index (κ1) is 28.1. The van der Waals surface area contributed by atoms with Gasteiger partial charge in [-0.05, 0) is 23.7 Å². The summed E-state index contributed by atoms with van der Waals surface area (Å²) < 4.78 is 0. The van der Waals surface area contributed by atoms with Crippen molar-refractivity contribution >= 4 is 0 Å². The number of rotatable bonds is 13. The van der Waals surface area contributed by atoms with Crippen molar-refractivity contribution in [2.24, 2.45) is 23.7 Å². The second-order valence-corrected chi connectivity index (χ2v) is 7.91. The summed E-state index contributed by atoms with van der Waals surface area (Å²) in [5.41, 5.74) is 0. The van der Waals surface area contributed by atoms with Crippen molar-refractivity contribution in [1.29, 1.82) is 0 Å². The molecule has 0 spiro atoms. The Balaban J connectivity index is -0.00000180. The van der Waals surface area contributed by atoms with E-state index in [0.29, 0.717) is 0 Å². The van der Waals surface area contributed by atoms with E-state index in [1.54, 1.807) is 0 Å². The van der Waals surface area contributed by atoms with Gasteiger partial charge in [0.15, 0.2) is 0 Å². The molecule has 0 aliphatic rings. The van der Waals surface area contributed by atoms with Gasteiger partial charge in [-0.3, -0.25) is 0 Å². The van der Waals surface area contributed by atoms with Gasteiger partial charge in [-0.25, -0.2) is 0 Å². The third kappa shape index (κ3) is 19.3. The average molecular weight is 341 g/mol. The van der Waals surface area contributed by atoms with Gasteiger partial charge in [0.1, 0.15) is 0 Å². The van der Waals surface area contributed by atoms with E-state index in [2.05, 4.69) is 41.5 Å². The van der Waals surface area contributed by atoms with E-state index in [4.69, 9.17) is 0 Å². The molecule has 0 aliphatic carbocycles. The van der Waals surface area contributed by atoms with Crippen LogP contribution in [0.3, 0.4) is 0 Å². The Bertz CT molecular complexity index is 206. The SMILES string of the molecule is CCC(C)CCCC(C)CCCC(C)CCCC(C)C.[Cl-].[Na+]. The summed E-state index contributed by atoms with van der Waals surface area (Å²) in [5.74, 6) is 3.71. The van der Waals surface area contributed by atoms with Crippen LogP contribution in [0.15, 0.2) is 0 Å². The summed E-state index contributed by atoms with van der Waals surface area (Å²) >= 11 is 0. The Morgan fingerprint density at radius 2 is 0.864 bits per heavy atom. The van der Waals surface area contributed by atoms with Gasteiger partial charge in [0.05, 0.1) is 0 Å². The molecule has 0 heterocycles. The van der Waals surface area contributed by atoms with Crippen molar-refractivity contribution < 1.29 is 42.0 Å². The molecule has 0 aromatic rings. The van der Waals surface area contributed by atoms with Crippen molar-refractivity contribution in [3.05, 3.63) is 0 Å². The molecule has 130 valence electrons. The molecule has 0 saturated carbocycles. The average Bonchev–Trinajstić information content (AvgIpc) is 2.38. The van der Waals surface area contributed by atoms with Gasteiger partial charge in [0.2, 0.25) is 0 Å². The second kappa shape index (κ2) is 18.6. The van der Waals surface area contributed by atoms with Gasteiger partial charge in [-0.1, -0.05) is 106 Å². The van der Waals surface area contributed by atoms with E-state index in [1.807, 2.05) is 0 Å². The van der Waals surface area contributed by atoms with Crippen LogP contribution >= 0.6 is 0 Å². The molecule has 0 fully saturated rings. The van der Waals surface area contributed by atoms with E-state index < -0.39 is 0 Å². The first-order chi connectivity index (χ1) is 9.45. The Labute approximate surface area is 170 Å². The van der Waals surface area contributed by atoms with E-state index in [1.165, 1.54) is 64.2 Å². The first-order valence-electron chi connectivity index (χ1n) is 9.45. The van der Waals surface area contributed by atoms with Crippen LogP contribution in [-0.4, -0.2) is 0 Å². The molecule has 22 heavy (non-hydrogen) atoms. The van der Waals surface area contributed by atoms with Gasteiger partial charge >= 0.3 is 29.6 Å². The predicted molar refractivity (Wildman–Crippen MR) is 94.2 cm³/mol. The van der Waals surface area contributed by atoms with Crippen molar-refractivity contribution in [2.75, 3.05) is 0 Å². The Morgan fingerprint density at radius 3 is 1.18 bits per heavy atom. The zero-order chi connectivity index (χ0) is 15.4. The summed E-state index contributed by atoms with van der Waals surface area (Å²) in [6, 6.07) is 0. The van der Waals surface area contributed by atoms with Crippen LogP contribution in [0.1, 0.15) is 106 Å². The van der Waals surface area contributed by atoms with Gasteiger partial charge in [-0.15, -0.1) is 0 Å². The quantitative estimate of drug-likeness (QED) is 0.445. The van der Waals surface area contributed by atoms with Gasteiger partial charge < -0.3 is 12.4 Å². The maximum absolute atomic E-state index is 2.46. The summed E-state index contributed by atoms with van der Waals surface area (Å²) in [6.07, 6.45) is 14.3. The van der Waals surface area contributed by atoms with Gasteiger partial charge in [-0.2, -0.15) is 0 Å². The Hall–Kier alpha value is 1.29. The Morgan fingerprint density at radius 1 is 0.545 bits per heavy atom. The molecular weight excluding hydrogens is 299 g/mol. The number of hydrogen-bond donors (Lipinski definition) is 0. The van der Waals surface area contributed by atoms with Crippen LogP contribution in [-0.2, 0) is 0 Å². The van der Waals surface area contributed by atoms with E-state index in [0.717, 1.165) is 23.7 Å². The molecule has 0 nitrogen and oxygen atoms in total.